The first kappa shape index (κ1) is 17.3. The van der Waals surface area contributed by atoms with Gasteiger partial charge in [-0.25, -0.2) is 4.79 Å². The van der Waals surface area contributed by atoms with Crippen LogP contribution in [0.5, 0.6) is 0 Å². The van der Waals surface area contributed by atoms with Crippen molar-refractivity contribution in [2.75, 3.05) is 11.5 Å². The van der Waals surface area contributed by atoms with Gasteiger partial charge in [-0.1, -0.05) is 36.4 Å². The number of esters is 1. The summed E-state index contributed by atoms with van der Waals surface area (Å²) in [5, 5.41) is 0. The first-order valence-corrected chi connectivity index (χ1v) is 8.08. The van der Waals surface area contributed by atoms with Gasteiger partial charge in [0.05, 0.1) is 12.2 Å². The van der Waals surface area contributed by atoms with Crippen molar-refractivity contribution in [1.82, 2.24) is 0 Å². The maximum absolute atomic E-state index is 13.3. The number of benzene rings is 2. The normalized spacial score (nSPS) is 16.6. The Morgan fingerprint density at radius 2 is 1.84 bits per heavy atom. The molecule has 0 radical (unpaired) electrons. The maximum atomic E-state index is 13.3. The summed E-state index contributed by atoms with van der Waals surface area (Å²) in [6.45, 7) is 1.94. The van der Waals surface area contributed by atoms with Gasteiger partial charge < -0.3 is 9.64 Å². The van der Waals surface area contributed by atoms with Crippen LogP contribution in [0.3, 0.4) is 0 Å². The Balaban J connectivity index is 1.97. The Kier molecular flexibility index (Phi) is 4.70. The van der Waals surface area contributed by atoms with Gasteiger partial charge in [-0.15, -0.1) is 0 Å². The van der Waals surface area contributed by atoms with Crippen molar-refractivity contribution in [3.63, 3.8) is 0 Å². The number of carbonyl (C=O) groups is 1. The molecule has 3 rings (SSSR count). The molecule has 0 aromatic heterocycles. The van der Waals surface area contributed by atoms with Gasteiger partial charge in [-0.05, 0) is 30.2 Å². The number of para-hydroxylation sites is 1. The molecular weight excluding hydrogens is 331 g/mol. The predicted molar refractivity (Wildman–Crippen MR) is 88.2 cm³/mol. The van der Waals surface area contributed by atoms with Crippen LogP contribution in [-0.2, 0) is 28.7 Å². The highest BCUT2D eigenvalue weighted by atomic mass is 19.4. The minimum atomic E-state index is -4.44. The Morgan fingerprint density at radius 1 is 1.16 bits per heavy atom. The van der Waals surface area contributed by atoms with Gasteiger partial charge in [-0.2, -0.15) is 13.2 Å². The van der Waals surface area contributed by atoms with Gasteiger partial charge in [0.2, 0.25) is 0 Å². The highest BCUT2D eigenvalue weighted by molar-refractivity contribution is 5.84. The molecule has 6 heteroatoms. The maximum Gasteiger partial charge on any atom is 0.416 e. The summed E-state index contributed by atoms with van der Waals surface area (Å²) < 4.78 is 45.0. The number of anilines is 1. The van der Waals surface area contributed by atoms with E-state index in [-0.39, 0.29) is 18.7 Å². The second kappa shape index (κ2) is 6.78. The van der Waals surface area contributed by atoms with Gasteiger partial charge in [0.1, 0.15) is 6.04 Å². The zero-order valence-corrected chi connectivity index (χ0v) is 13.7. The second-order valence-corrected chi connectivity index (χ2v) is 5.88. The van der Waals surface area contributed by atoms with E-state index in [0.717, 1.165) is 17.3 Å². The molecule has 1 unspecified atom stereocenters. The number of hydrogen-bond donors (Lipinski definition) is 0. The van der Waals surface area contributed by atoms with E-state index in [2.05, 4.69) is 0 Å². The summed E-state index contributed by atoms with van der Waals surface area (Å²) in [5.74, 6) is -0.414. The third kappa shape index (κ3) is 3.48. The number of halogens is 3. The highest BCUT2D eigenvalue weighted by Crippen LogP contribution is 2.37. The Hall–Kier alpha value is -2.50. The van der Waals surface area contributed by atoms with Crippen LogP contribution in [0.25, 0.3) is 0 Å². The number of carbonyl (C=O) groups excluding carboxylic acids is 1. The van der Waals surface area contributed by atoms with Crippen LogP contribution in [0.15, 0.2) is 48.5 Å². The van der Waals surface area contributed by atoms with Crippen LogP contribution in [0.1, 0.15) is 23.6 Å². The largest absolute Gasteiger partial charge is 0.464 e. The number of alkyl halides is 3. The van der Waals surface area contributed by atoms with Crippen molar-refractivity contribution in [3.8, 4) is 0 Å². The molecule has 3 nitrogen and oxygen atoms in total. The minimum Gasteiger partial charge on any atom is -0.464 e. The standard InChI is InChI=1S/C19H18F3NO2/c1-2-25-18(24)17-11-13-7-4-6-10-16(13)23(17)12-14-8-3-5-9-15(14)19(20,21)22/h3-10,17H,2,11-12H2,1H3. The zero-order chi connectivity index (χ0) is 18.0. The fourth-order valence-corrected chi connectivity index (χ4v) is 3.21. The summed E-state index contributed by atoms with van der Waals surface area (Å²) in [6, 6.07) is 12.2. The Bertz CT molecular complexity index is 773. The summed E-state index contributed by atoms with van der Waals surface area (Å²) in [7, 11) is 0. The summed E-state index contributed by atoms with van der Waals surface area (Å²) in [5.41, 5.74) is 1.17. The van der Waals surface area contributed by atoms with Crippen LogP contribution >= 0.6 is 0 Å². The van der Waals surface area contributed by atoms with Crippen LogP contribution < -0.4 is 4.90 Å². The lowest BCUT2D eigenvalue weighted by Gasteiger charge is -2.27. The van der Waals surface area contributed by atoms with E-state index in [1.54, 1.807) is 17.9 Å². The van der Waals surface area contributed by atoms with Crippen molar-refractivity contribution in [3.05, 3.63) is 65.2 Å². The molecule has 0 aliphatic carbocycles. The van der Waals surface area contributed by atoms with Crippen LogP contribution in [0.4, 0.5) is 18.9 Å². The van der Waals surface area contributed by atoms with Crippen LogP contribution in [0.2, 0.25) is 0 Å². The fourth-order valence-electron chi connectivity index (χ4n) is 3.21. The summed E-state index contributed by atoms with van der Waals surface area (Å²) in [4.78, 5) is 14.0. The molecule has 1 atom stereocenters. The summed E-state index contributed by atoms with van der Waals surface area (Å²) in [6.07, 6.45) is -4.00. The van der Waals surface area contributed by atoms with E-state index < -0.39 is 23.8 Å². The number of nitrogens with zero attached hydrogens (tertiary/aromatic N) is 1. The molecule has 0 spiro atoms. The first-order valence-electron chi connectivity index (χ1n) is 8.08. The molecule has 0 saturated heterocycles. The molecular formula is C19H18F3NO2. The monoisotopic (exact) mass is 349 g/mol. The van der Waals surface area contributed by atoms with Gasteiger partial charge >= 0.3 is 12.1 Å². The molecule has 132 valence electrons. The van der Waals surface area contributed by atoms with E-state index in [4.69, 9.17) is 4.74 Å². The fraction of sp³-hybridized carbons (Fsp3) is 0.316. The van der Waals surface area contributed by atoms with Crippen LogP contribution in [-0.4, -0.2) is 18.6 Å². The average Bonchev–Trinajstić information content (AvgIpc) is 2.94. The topological polar surface area (TPSA) is 29.5 Å². The number of fused-ring (bicyclic) bond motifs is 1. The third-order valence-corrected chi connectivity index (χ3v) is 4.31. The van der Waals surface area contributed by atoms with E-state index in [0.29, 0.717) is 6.42 Å². The van der Waals surface area contributed by atoms with Gasteiger partial charge in [0.25, 0.3) is 0 Å². The molecule has 1 heterocycles. The zero-order valence-electron chi connectivity index (χ0n) is 13.7. The molecule has 25 heavy (non-hydrogen) atoms. The predicted octanol–water partition coefficient (Wildman–Crippen LogP) is 4.20. The number of rotatable bonds is 4. The quantitative estimate of drug-likeness (QED) is 0.775. The second-order valence-electron chi connectivity index (χ2n) is 5.88. The smallest absolute Gasteiger partial charge is 0.416 e. The lowest BCUT2D eigenvalue weighted by Crippen LogP contribution is -2.39. The van der Waals surface area contributed by atoms with E-state index in [1.807, 2.05) is 24.3 Å². The van der Waals surface area contributed by atoms with Gasteiger partial charge in [0.15, 0.2) is 0 Å². The first-order chi connectivity index (χ1) is 11.9. The molecule has 1 aliphatic rings. The Morgan fingerprint density at radius 3 is 2.56 bits per heavy atom. The summed E-state index contributed by atoms with van der Waals surface area (Å²) >= 11 is 0. The van der Waals surface area contributed by atoms with Gasteiger partial charge in [-0.3, -0.25) is 0 Å². The average molecular weight is 349 g/mol. The molecule has 0 N–H and O–H groups in total. The molecule has 0 bridgehead atoms. The van der Waals surface area contributed by atoms with Crippen LogP contribution in [0, 0.1) is 0 Å². The van der Waals surface area contributed by atoms with Crippen molar-refractivity contribution in [2.45, 2.75) is 32.1 Å². The minimum absolute atomic E-state index is 0.00379. The van der Waals surface area contributed by atoms with Crippen molar-refractivity contribution >= 4 is 11.7 Å². The molecule has 0 fully saturated rings. The highest BCUT2D eigenvalue weighted by Gasteiger charge is 2.38. The van der Waals surface area contributed by atoms with Crippen molar-refractivity contribution in [2.24, 2.45) is 0 Å². The number of ether oxygens (including phenoxy) is 1. The van der Waals surface area contributed by atoms with Crippen molar-refractivity contribution < 1.29 is 22.7 Å². The van der Waals surface area contributed by atoms with Crippen molar-refractivity contribution in [1.29, 1.82) is 0 Å². The third-order valence-electron chi connectivity index (χ3n) is 4.31. The molecule has 2 aromatic rings. The Labute approximate surface area is 144 Å². The van der Waals surface area contributed by atoms with Gasteiger partial charge in [0, 0.05) is 18.7 Å². The molecule has 0 saturated carbocycles. The van der Waals surface area contributed by atoms with E-state index in [1.165, 1.54) is 12.1 Å². The van der Waals surface area contributed by atoms with E-state index >= 15 is 0 Å². The molecule has 0 amide bonds. The lowest BCUT2D eigenvalue weighted by atomic mass is 10.1. The molecule has 1 aliphatic heterocycles. The lowest BCUT2D eigenvalue weighted by molar-refractivity contribution is -0.144. The molecule has 2 aromatic carbocycles. The number of hydrogen-bond acceptors (Lipinski definition) is 3. The SMILES string of the molecule is CCOC(=O)C1Cc2ccccc2N1Cc1ccccc1C(F)(F)F. The van der Waals surface area contributed by atoms with E-state index in [9.17, 15) is 18.0 Å².